The molecule has 3 amide bonds. The topological polar surface area (TPSA) is 188 Å². The summed E-state index contributed by atoms with van der Waals surface area (Å²) in [5.74, 6) is -3.99. The van der Waals surface area contributed by atoms with Crippen LogP contribution < -0.4 is 26.0 Å². The number of hydrogen-bond donors (Lipinski definition) is 5. The molecule has 0 bridgehead atoms. The van der Waals surface area contributed by atoms with E-state index in [1.54, 1.807) is 12.1 Å². The lowest BCUT2D eigenvalue weighted by Gasteiger charge is -2.19. The van der Waals surface area contributed by atoms with Gasteiger partial charge in [0.2, 0.25) is 11.9 Å². The molecule has 1 aliphatic carbocycles. The number of nitrogens with zero attached hydrogens (tertiary/aromatic N) is 4. The van der Waals surface area contributed by atoms with E-state index in [4.69, 9.17) is 16.3 Å². The highest BCUT2D eigenvalue weighted by molar-refractivity contribution is 6.34. The lowest BCUT2D eigenvalue weighted by molar-refractivity contribution is -0.154. The molecule has 1 heterocycles. The molecule has 250 valence electrons. The van der Waals surface area contributed by atoms with E-state index in [1.165, 1.54) is 38.4 Å². The fourth-order valence-electron chi connectivity index (χ4n) is 4.21. The Hall–Kier alpha value is -5.19. The molecule has 14 nitrogen and oxygen atoms in total. The number of aliphatic carboxylic acids is 1. The Morgan fingerprint density at radius 3 is 2.21 bits per heavy atom. The number of anilines is 3. The molecule has 1 atom stereocenters. The second-order valence-electron chi connectivity index (χ2n) is 10.7. The molecule has 1 saturated carbocycles. The summed E-state index contributed by atoms with van der Waals surface area (Å²) in [6.07, 6.45) is -3.41. The van der Waals surface area contributed by atoms with Crippen LogP contribution in [-0.2, 0) is 19.9 Å². The minimum atomic E-state index is -4.63. The van der Waals surface area contributed by atoms with E-state index in [-0.39, 0.29) is 30.4 Å². The number of carbonyl (C=O) groups is 4. The number of carbonyl (C=O) groups excluding carboxylic acids is 3. The number of rotatable bonds is 13. The van der Waals surface area contributed by atoms with Gasteiger partial charge in [-0.3, -0.25) is 14.4 Å². The predicted octanol–water partition coefficient (Wildman–Crippen LogP) is 3.09. The van der Waals surface area contributed by atoms with Crippen molar-refractivity contribution < 1.29 is 42.2 Å². The fraction of sp³-hybridized carbons (Fsp3) is 0.345. The molecule has 0 saturated heterocycles. The van der Waals surface area contributed by atoms with Crippen molar-refractivity contribution in [1.29, 1.82) is 0 Å². The molecule has 0 aliphatic heterocycles. The Labute approximate surface area is 271 Å². The number of ether oxygens (including phenoxy) is 1. The Bertz CT molecular complexity index is 1620. The van der Waals surface area contributed by atoms with Crippen molar-refractivity contribution in [3.05, 3.63) is 64.7 Å². The van der Waals surface area contributed by atoms with Crippen molar-refractivity contribution in [2.24, 2.45) is 0 Å². The average Bonchev–Trinajstić information content (AvgIpc) is 3.79. The molecule has 1 aromatic heterocycles. The van der Waals surface area contributed by atoms with Gasteiger partial charge in [0.1, 0.15) is 6.04 Å². The van der Waals surface area contributed by atoms with Crippen LogP contribution in [0.4, 0.5) is 30.8 Å². The summed E-state index contributed by atoms with van der Waals surface area (Å²) < 4.78 is 43.4. The van der Waals surface area contributed by atoms with Crippen molar-refractivity contribution in [1.82, 2.24) is 30.5 Å². The van der Waals surface area contributed by atoms with Crippen LogP contribution in [0.15, 0.2) is 48.5 Å². The summed E-state index contributed by atoms with van der Waals surface area (Å²) in [5.41, 5.74) is 0.752. The van der Waals surface area contributed by atoms with E-state index in [0.717, 1.165) is 10.5 Å². The SMILES string of the molecule is CN(C)C(=O)C(=O)NCC[C@H](NC(=O)c1ccc(Nc2nc(NC3(c4ccc(Cl)cc4)CC3)nc(OCC(F)(F)F)n2)cc1)C(=O)O. The summed E-state index contributed by atoms with van der Waals surface area (Å²) in [4.78, 5) is 61.1. The van der Waals surface area contributed by atoms with E-state index in [0.29, 0.717) is 23.6 Å². The summed E-state index contributed by atoms with van der Waals surface area (Å²) in [6.45, 7) is -1.81. The normalized spacial score (nSPS) is 13.9. The van der Waals surface area contributed by atoms with Crippen LogP contribution in [0, 0.1) is 0 Å². The number of nitrogens with one attached hydrogen (secondary N) is 4. The number of benzene rings is 2. The van der Waals surface area contributed by atoms with Crippen molar-refractivity contribution in [3.8, 4) is 6.01 Å². The maximum atomic E-state index is 12.9. The second-order valence-corrected chi connectivity index (χ2v) is 11.1. The standard InChI is InChI=1S/C29H30ClF3N8O6/c1-41(2)23(44)22(43)34-14-11-20(24(45)46)36-21(42)16-3-9-19(10-4-16)35-25-37-26(39-27(38-25)47-15-29(31,32)33)40-28(12-13-28)17-5-7-18(30)8-6-17/h3-10,20H,11-15H2,1-2H3,(H,34,43)(H,36,42)(H,45,46)(H2,35,37,38,39,40)/t20-/m0/s1. The maximum Gasteiger partial charge on any atom is 0.422 e. The number of aromatic nitrogens is 3. The highest BCUT2D eigenvalue weighted by Gasteiger charge is 2.45. The molecule has 47 heavy (non-hydrogen) atoms. The Kier molecular flexibility index (Phi) is 10.7. The van der Waals surface area contributed by atoms with Crippen LogP contribution in [0.2, 0.25) is 5.02 Å². The monoisotopic (exact) mass is 678 g/mol. The average molecular weight is 679 g/mol. The zero-order valence-corrected chi connectivity index (χ0v) is 25.8. The second kappa shape index (κ2) is 14.5. The number of carboxylic acid groups (broad SMARTS) is 1. The quantitative estimate of drug-likeness (QED) is 0.167. The lowest BCUT2D eigenvalue weighted by atomic mass is 10.1. The Morgan fingerprint density at radius 2 is 1.64 bits per heavy atom. The summed E-state index contributed by atoms with van der Waals surface area (Å²) >= 11 is 6.00. The van der Waals surface area contributed by atoms with Crippen molar-refractivity contribution >= 4 is 52.9 Å². The molecular weight excluding hydrogens is 649 g/mol. The van der Waals surface area contributed by atoms with Crippen LogP contribution in [0.5, 0.6) is 6.01 Å². The maximum absolute atomic E-state index is 12.9. The van der Waals surface area contributed by atoms with Crippen LogP contribution in [0.3, 0.4) is 0 Å². The van der Waals surface area contributed by atoms with Gasteiger partial charge in [-0.05, 0) is 61.2 Å². The molecule has 3 aromatic rings. The van der Waals surface area contributed by atoms with Gasteiger partial charge in [0.25, 0.3) is 5.91 Å². The fourth-order valence-corrected chi connectivity index (χ4v) is 4.34. The minimum absolute atomic E-state index is 0.0369. The number of alkyl halides is 3. The highest BCUT2D eigenvalue weighted by atomic mass is 35.5. The van der Waals surface area contributed by atoms with Gasteiger partial charge in [0.15, 0.2) is 6.61 Å². The summed E-state index contributed by atoms with van der Waals surface area (Å²) in [5, 5.41) is 20.7. The third-order valence-corrected chi connectivity index (χ3v) is 7.06. The summed E-state index contributed by atoms with van der Waals surface area (Å²) in [6, 6.07) is 10.8. The third-order valence-electron chi connectivity index (χ3n) is 6.80. The van der Waals surface area contributed by atoms with Gasteiger partial charge in [-0.1, -0.05) is 23.7 Å². The molecular formula is C29H30ClF3N8O6. The molecule has 0 spiro atoms. The van der Waals surface area contributed by atoms with E-state index in [9.17, 15) is 37.5 Å². The van der Waals surface area contributed by atoms with Gasteiger partial charge >= 0.3 is 30.0 Å². The first kappa shape index (κ1) is 34.7. The molecule has 18 heteroatoms. The number of likely N-dealkylation sites (N-methyl/N-ethyl adjacent to an activating group) is 1. The minimum Gasteiger partial charge on any atom is -0.480 e. The Balaban J connectivity index is 1.44. The van der Waals surface area contributed by atoms with Gasteiger partial charge in [-0.25, -0.2) is 4.79 Å². The van der Waals surface area contributed by atoms with E-state index in [2.05, 4.69) is 36.2 Å². The van der Waals surface area contributed by atoms with Gasteiger partial charge in [0, 0.05) is 36.9 Å². The first-order valence-electron chi connectivity index (χ1n) is 14.0. The van der Waals surface area contributed by atoms with E-state index >= 15 is 0 Å². The van der Waals surface area contributed by atoms with E-state index in [1.807, 2.05) is 12.1 Å². The van der Waals surface area contributed by atoms with Crippen LogP contribution in [0.1, 0.15) is 35.2 Å². The third kappa shape index (κ3) is 9.90. The van der Waals surface area contributed by atoms with Crippen LogP contribution in [0.25, 0.3) is 0 Å². The van der Waals surface area contributed by atoms with Crippen molar-refractivity contribution in [2.75, 3.05) is 37.9 Å². The van der Waals surface area contributed by atoms with Crippen LogP contribution >= 0.6 is 11.6 Å². The smallest absolute Gasteiger partial charge is 0.422 e. The molecule has 5 N–H and O–H groups in total. The first-order chi connectivity index (χ1) is 22.1. The van der Waals surface area contributed by atoms with Gasteiger partial charge in [0.05, 0.1) is 5.54 Å². The van der Waals surface area contributed by atoms with Gasteiger partial charge < -0.3 is 36.0 Å². The molecule has 0 radical (unpaired) electrons. The van der Waals surface area contributed by atoms with Gasteiger partial charge in [-0.2, -0.15) is 28.1 Å². The first-order valence-corrected chi connectivity index (χ1v) is 14.4. The largest absolute Gasteiger partial charge is 0.480 e. The Morgan fingerprint density at radius 1 is 1.00 bits per heavy atom. The number of halogens is 4. The lowest BCUT2D eigenvalue weighted by Crippen LogP contribution is -2.45. The zero-order chi connectivity index (χ0) is 34.4. The predicted molar refractivity (Wildman–Crippen MR) is 162 cm³/mol. The molecule has 0 unspecified atom stereocenters. The summed E-state index contributed by atoms with van der Waals surface area (Å²) in [7, 11) is 2.78. The van der Waals surface area contributed by atoms with Crippen LogP contribution in [-0.4, -0.2) is 88.1 Å². The van der Waals surface area contributed by atoms with E-state index < -0.39 is 54.1 Å². The number of carboxylic acids is 1. The number of amides is 3. The molecule has 1 aliphatic rings. The molecule has 1 fully saturated rings. The number of hydrogen-bond acceptors (Lipinski definition) is 10. The zero-order valence-electron chi connectivity index (χ0n) is 25.0. The molecule has 2 aromatic carbocycles. The highest BCUT2D eigenvalue weighted by Crippen LogP contribution is 2.48. The molecule has 4 rings (SSSR count). The van der Waals surface area contributed by atoms with Gasteiger partial charge in [-0.15, -0.1) is 0 Å². The van der Waals surface area contributed by atoms with Crippen molar-refractivity contribution in [3.63, 3.8) is 0 Å². The van der Waals surface area contributed by atoms with Crippen molar-refractivity contribution in [2.45, 2.75) is 37.0 Å².